The molecule has 2 N–H and O–H groups in total. The van der Waals surface area contributed by atoms with E-state index in [0.717, 1.165) is 23.4 Å². The molecule has 5 nitrogen and oxygen atoms in total. The number of amides is 2. The van der Waals surface area contributed by atoms with E-state index in [0.29, 0.717) is 6.42 Å². The van der Waals surface area contributed by atoms with E-state index < -0.39 is 0 Å². The average molecular weight is 317 g/mol. The molecule has 2 atom stereocenters. The summed E-state index contributed by atoms with van der Waals surface area (Å²) in [6.45, 7) is 10.1. The monoisotopic (exact) mass is 317 g/mol. The third-order valence-electron chi connectivity index (χ3n) is 4.53. The second kappa shape index (κ2) is 7.02. The molecule has 1 aliphatic rings. The van der Waals surface area contributed by atoms with Gasteiger partial charge in [0.15, 0.2) is 0 Å². The first kappa shape index (κ1) is 17.3. The molecule has 0 spiro atoms. The normalized spacial score (nSPS) is 18.2. The van der Waals surface area contributed by atoms with E-state index in [-0.39, 0.29) is 30.4 Å². The zero-order valence-electron chi connectivity index (χ0n) is 14.7. The molecule has 0 aliphatic carbocycles. The van der Waals surface area contributed by atoms with Gasteiger partial charge in [-0.25, -0.2) is 0 Å². The molecule has 0 radical (unpaired) electrons. The average Bonchev–Trinajstić information content (AvgIpc) is 2.51. The maximum Gasteiger partial charge on any atom is 0.250 e. The fourth-order valence-corrected chi connectivity index (χ4v) is 2.70. The molecule has 5 heteroatoms. The topological polar surface area (TPSA) is 61.4 Å². The molecule has 1 heterocycles. The fraction of sp³-hybridized carbons (Fsp3) is 0.556. The Morgan fingerprint density at radius 2 is 1.96 bits per heavy atom. The molecule has 2 unspecified atom stereocenters. The van der Waals surface area contributed by atoms with Gasteiger partial charge >= 0.3 is 0 Å². The Morgan fingerprint density at radius 1 is 1.30 bits per heavy atom. The maximum atomic E-state index is 12.7. The van der Waals surface area contributed by atoms with Gasteiger partial charge in [0, 0.05) is 6.04 Å². The Hall–Kier alpha value is -2.04. The lowest BCUT2D eigenvalue weighted by atomic mass is 10.0. The Labute approximate surface area is 138 Å². The molecule has 0 bridgehead atoms. The van der Waals surface area contributed by atoms with Crippen LogP contribution in [0.3, 0.4) is 0 Å². The van der Waals surface area contributed by atoms with E-state index in [4.69, 9.17) is 0 Å². The summed E-state index contributed by atoms with van der Waals surface area (Å²) in [6, 6.07) is 3.87. The molecule has 1 aliphatic heterocycles. The zero-order valence-corrected chi connectivity index (χ0v) is 14.7. The van der Waals surface area contributed by atoms with Crippen molar-refractivity contribution in [3.8, 4) is 0 Å². The standard InChI is InChI=1S/C18H27N3O2/c1-6-13(5)19-17(22)10-21-16-9-12(4)11(3)8-15(16)20-14(7-2)18(21)23/h8-9,13-14,20H,6-7,10H2,1-5H3,(H,19,22). The van der Waals surface area contributed by atoms with Crippen LogP contribution in [0, 0.1) is 13.8 Å². The Bertz CT molecular complexity index is 613. The number of hydrogen-bond donors (Lipinski definition) is 2. The van der Waals surface area contributed by atoms with Gasteiger partial charge in [-0.2, -0.15) is 0 Å². The summed E-state index contributed by atoms with van der Waals surface area (Å²) in [5.41, 5.74) is 4.00. The molecule has 23 heavy (non-hydrogen) atoms. The zero-order chi connectivity index (χ0) is 17.1. The SMILES string of the molecule is CCC(C)NC(=O)CN1C(=O)C(CC)Nc2cc(C)c(C)cc21. The molecule has 0 saturated carbocycles. The molecule has 2 rings (SSSR count). The number of nitrogens with zero attached hydrogens (tertiary/aromatic N) is 1. The number of hydrogen-bond acceptors (Lipinski definition) is 3. The van der Waals surface area contributed by atoms with Crippen molar-refractivity contribution in [2.45, 2.75) is 59.5 Å². The highest BCUT2D eigenvalue weighted by molar-refractivity contribution is 6.08. The van der Waals surface area contributed by atoms with E-state index in [1.54, 1.807) is 4.90 Å². The molecule has 0 aromatic heterocycles. The number of rotatable bonds is 5. The van der Waals surface area contributed by atoms with Gasteiger partial charge < -0.3 is 10.6 Å². The highest BCUT2D eigenvalue weighted by Crippen LogP contribution is 2.34. The minimum absolute atomic E-state index is 0.0393. The molecule has 0 fully saturated rings. The molecule has 1 aromatic carbocycles. The van der Waals surface area contributed by atoms with Gasteiger partial charge in [0.1, 0.15) is 12.6 Å². The molecule has 0 saturated heterocycles. The summed E-state index contributed by atoms with van der Waals surface area (Å²) in [5.74, 6) is -0.156. The van der Waals surface area contributed by atoms with Crippen molar-refractivity contribution in [3.63, 3.8) is 0 Å². The number of nitrogens with one attached hydrogen (secondary N) is 2. The van der Waals surface area contributed by atoms with Gasteiger partial charge in [0.05, 0.1) is 11.4 Å². The molecule has 126 valence electrons. The van der Waals surface area contributed by atoms with Crippen LogP contribution in [0.5, 0.6) is 0 Å². The first-order valence-electron chi connectivity index (χ1n) is 8.35. The van der Waals surface area contributed by atoms with Crippen molar-refractivity contribution >= 4 is 23.2 Å². The predicted octanol–water partition coefficient (Wildman–Crippen LogP) is 2.76. The summed E-state index contributed by atoms with van der Waals surface area (Å²) in [4.78, 5) is 26.6. The minimum atomic E-state index is -0.277. The number of benzene rings is 1. The largest absolute Gasteiger partial charge is 0.372 e. The number of anilines is 2. The van der Waals surface area contributed by atoms with Crippen LogP contribution >= 0.6 is 0 Å². The molecular weight excluding hydrogens is 290 g/mol. The number of carbonyl (C=O) groups is 2. The lowest BCUT2D eigenvalue weighted by Crippen LogP contribution is -2.51. The first-order valence-corrected chi connectivity index (χ1v) is 8.35. The van der Waals surface area contributed by atoms with Crippen molar-refractivity contribution in [2.24, 2.45) is 0 Å². The van der Waals surface area contributed by atoms with Crippen molar-refractivity contribution in [1.29, 1.82) is 0 Å². The molecular formula is C18H27N3O2. The number of aryl methyl sites for hydroxylation is 2. The van der Waals surface area contributed by atoms with Crippen LogP contribution in [-0.4, -0.2) is 30.4 Å². The Balaban J connectivity index is 2.31. The summed E-state index contributed by atoms with van der Waals surface area (Å²) in [6.07, 6.45) is 1.56. The van der Waals surface area contributed by atoms with Crippen molar-refractivity contribution in [2.75, 3.05) is 16.8 Å². The van der Waals surface area contributed by atoms with E-state index in [1.165, 1.54) is 5.56 Å². The van der Waals surface area contributed by atoms with Gasteiger partial charge in [-0.05, 0) is 56.9 Å². The second-order valence-electron chi connectivity index (χ2n) is 6.36. The highest BCUT2D eigenvalue weighted by atomic mass is 16.2. The smallest absolute Gasteiger partial charge is 0.250 e. The lowest BCUT2D eigenvalue weighted by Gasteiger charge is -2.35. The van der Waals surface area contributed by atoms with E-state index in [9.17, 15) is 9.59 Å². The van der Waals surface area contributed by atoms with Crippen LogP contribution in [-0.2, 0) is 9.59 Å². The number of carbonyl (C=O) groups excluding carboxylic acids is 2. The van der Waals surface area contributed by atoms with E-state index in [2.05, 4.69) is 23.6 Å². The van der Waals surface area contributed by atoms with Crippen LogP contribution in [0.2, 0.25) is 0 Å². The third kappa shape index (κ3) is 3.66. The van der Waals surface area contributed by atoms with Gasteiger partial charge in [0.2, 0.25) is 11.8 Å². The van der Waals surface area contributed by atoms with Crippen LogP contribution in [0.4, 0.5) is 11.4 Å². The van der Waals surface area contributed by atoms with Gasteiger partial charge in [0.25, 0.3) is 0 Å². The number of fused-ring (bicyclic) bond motifs is 1. The second-order valence-corrected chi connectivity index (χ2v) is 6.36. The van der Waals surface area contributed by atoms with Crippen molar-refractivity contribution in [1.82, 2.24) is 5.32 Å². The molecule has 1 aromatic rings. The van der Waals surface area contributed by atoms with E-state index >= 15 is 0 Å². The van der Waals surface area contributed by atoms with Gasteiger partial charge in [-0.1, -0.05) is 13.8 Å². The summed E-state index contributed by atoms with van der Waals surface area (Å²) in [5, 5.41) is 6.23. The fourth-order valence-electron chi connectivity index (χ4n) is 2.70. The third-order valence-corrected chi connectivity index (χ3v) is 4.53. The van der Waals surface area contributed by atoms with Crippen LogP contribution in [0.25, 0.3) is 0 Å². The van der Waals surface area contributed by atoms with Crippen molar-refractivity contribution < 1.29 is 9.59 Å². The first-order chi connectivity index (χ1) is 10.9. The summed E-state index contributed by atoms with van der Waals surface area (Å²) >= 11 is 0. The van der Waals surface area contributed by atoms with E-state index in [1.807, 2.05) is 33.8 Å². The Kier molecular flexibility index (Phi) is 5.29. The lowest BCUT2D eigenvalue weighted by molar-refractivity contribution is -0.124. The Morgan fingerprint density at radius 3 is 2.57 bits per heavy atom. The van der Waals surface area contributed by atoms with Crippen LogP contribution in [0.1, 0.15) is 44.7 Å². The summed E-state index contributed by atoms with van der Waals surface area (Å²) in [7, 11) is 0. The quantitative estimate of drug-likeness (QED) is 0.878. The predicted molar refractivity (Wildman–Crippen MR) is 93.9 cm³/mol. The van der Waals surface area contributed by atoms with Gasteiger partial charge in [-0.15, -0.1) is 0 Å². The summed E-state index contributed by atoms with van der Waals surface area (Å²) < 4.78 is 0. The van der Waals surface area contributed by atoms with Crippen molar-refractivity contribution in [3.05, 3.63) is 23.3 Å². The molecule has 2 amide bonds. The highest BCUT2D eigenvalue weighted by Gasteiger charge is 2.33. The van der Waals surface area contributed by atoms with Gasteiger partial charge in [-0.3, -0.25) is 14.5 Å². The van der Waals surface area contributed by atoms with Crippen LogP contribution in [0.15, 0.2) is 12.1 Å². The van der Waals surface area contributed by atoms with Crippen LogP contribution < -0.4 is 15.5 Å². The maximum absolute atomic E-state index is 12.7. The minimum Gasteiger partial charge on any atom is -0.372 e.